The minimum absolute atomic E-state index is 0.0675. The van der Waals surface area contributed by atoms with Gasteiger partial charge in [-0.3, -0.25) is 0 Å². The summed E-state index contributed by atoms with van der Waals surface area (Å²) in [5.74, 6) is -1.33. The maximum Gasteiger partial charge on any atom is 0.337 e. The van der Waals surface area contributed by atoms with E-state index in [1.165, 1.54) is 23.5 Å². The number of piperazine rings is 1. The highest BCUT2D eigenvalue weighted by atomic mass is 32.2. The Morgan fingerprint density at radius 2 is 2.04 bits per heavy atom. The molecule has 1 saturated heterocycles. The van der Waals surface area contributed by atoms with Gasteiger partial charge in [0.1, 0.15) is 5.82 Å². The van der Waals surface area contributed by atoms with E-state index in [2.05, 4.69) is 14.8 Å². The number of carbonyl (C=O) groups is 1. The first kappa shape index (κ1) is 20.4. The zero-order chi connectivity index (χ0) is 20.1. The van der Waals surface area contributed by atoms with E-state index in [0.29, 0.717) is 19.6 Å². The highest BCUT2D eigenvalue weighted by molar-refractivity contribution is 7.87. The van der Waals surface area contributed by atoms with Gasteiger partial charge in [0, 0.05) is 31.7 Å². The van der Waals surface area contributed by atoms with E-state index < -0.39 is 22.0 Å². The van der Waals surface area contributed by atoms with Gasteiger partial charge >= 0.3 is 5.97 Å². The fraction of sp³-hybridized carbons (Fsp3) is 0.316. The van der Waals surface area contributed by atoms with Gasteiger partial charge in [-0.2, -0.15) is 17.4 Å². The molecule has 1 aliphatic rings. The van der Waals surface area contributed by atoms with Gasteiger partial charge in [0.25, 0.3) is 10.2 Å². The van der Waals surface area contributed by atoms with Gasteiger partial charge in [-0.25, -0.2) is 9.18 Å². The molecule has 150 valence electrons. The predicted molar refractivity (Wildman–Crippen MR) is 102 cm³/mol. The molecule has 1 unspecified atom stereocenters. The lowest BCUT2D eigenvalue weighted by molar-refractivity contribution is 0.0600. The summed E-state index contributed by atoms with van der Waals surface area (Å²) >= 11 is 0. The Hall–Kier alpha value is -2.33. The van der Waals surface area contributed by atoms with Gasteiger partial charge in [0.15, 0.2) is 0 Å². The second kappa shape index (κ2) is 8.78. The molecule has 3 rings (SSSR count). The number of benzene rings is 2. The number of rotatable bonds is 6. The minimum Gasteiger partial charge on any atom is -0.465 e. The molecule has 0 aromatic heterocycles. The number of nitrogens with one attached hydrogen (secondary N) is 2. The average molecular weight is 407 g/mol. The third-order valence-electron chi connectivity index (χ3n) is 4.61. The van der Waals surface area contributed by atoms with E-state index >= 15 is 0 Å². The third kappa shape index (κ3) is 4.56. The highest BCUT2D eigenvalue weighted by Gasteiger charge is 2.33. The quantitative estimate of drug-likeness (QED) is 0.710. The molecule has 0 bridgehead atoms. The molecule has 1 atom stereocenters. The van der Waals surface area contributed by atoms with Crippen LogP contribution in [0.2, 0.25) is 0 Å². The molecule has 0 saturated carbocycles. The lowest BCUT2D eigenvalue weighted by Crippen LogP contribution is -2.52. The molecule has 28 heavy (non-hydrogen) atoms. The van der Waals surface area contributed by atoms with Crippen LogP contribution in [0.25, 0.3) is 0 Å². The number of hydrogen-bond donors (Lipinski definition) is 2. The molecule has 2 aromatic rings. The molecule has 0 amide bonds. The van der Waals surface area contributed by atoms with Crippen LogP contribution >= 0.6 is 0 Å². The molecule has 9 heteroatoms. The van der Waals surface area contributed by atoms with Gasteiger partial charge in [-0.15, -0.1) is 0 Å². The first-order chi connectivity index (χ1) is 13.4. The van der Waals surface area contributed by atoms with Gasteiger partial charge < -0.3 is 10.1 Å². The monoisotopic (exact) mass is 407 g/mol. The maximum absolute atomic E-state index is 14.2. The van der Waals surface area contributed by atoms with E-state index in [-0.39, 0.29) is 23.7 Å². The van der Waals surface area contributed by atoms with Gasteiger partial charge in [0.2, 0.25) is 0 Å². The zero-order valence-corrected chi connectivity index (χ0v) is 16.2. The highest BCUT2D eigenvalue weighted by Crippen LogP contribution is 2.24. The van der Waals surface area contributed by atoms with Gasteiger partial charge in [-0.1, -0.05) is 36.4 Å². The summed E-state index contributed by atoms with van der Waals surface area (Å²) in [5.41, 5.74) is 1.09. The van der Waals surface area contributed by atoms with Crippen molar-refractivity contribution < 1.29 is 22.3 Å². The summed E-state index contributed by atoms with van der Waals surface area (Å²) in [6, 6.07) is 12.8. The van der Waals surface area contributed by atoms with Crippen molar-refractivity contribution in [3.8, 4) is 0 Å². The Labute approximate surface area is 163 Å². The molecule has 1 aliphatic heterocycles. The van der Waals surface area contributed by atoms with E-state index in [1.54, 1.807) is 0 Å². The van der Waals surface area contributed by atoms with Crippen LogP contribution in [-0.2, 0) is 21.5 Å². The number of halogens is 1. The standard InChI is InChI=1S/C19H22FN3O4S/c1-27-19(24)15-7-8-16(17(20)11-15)12-22-28(25,26)23-10-9-21-13-18(23)14-5-3-2-4-6-14/h2-8,11,18,21-22H,9-10,12-13H2,1H3. The molecule has 7 nitrogen and oxygen atoms in total. The van der Waals surface area contributed by atoms with E-state index in [0.717, 1.165) is 11.6 Å². The predicted octanol–water partition coefficient (Wildman–Crippen LogP) is 1.59. The van der Waals surface area contributed by atoms with Crippen LogP contribution in [0.3, 0.4) is 0 Å². The van der Waals surface area contributed by atoms with Crippen molar-refractivity contribution >= 4 is 16.2 Å². The minimum atomic E-state index is -3.84. The fourth-order valence-electron chi connectivity index (χ4n) is 3.12. The smallest absolute Gasteiger partial charge is 0.337 e. The Bertz CT molecular complexity index is 937. The maximum atomic E-state index is 14.2. The number of esters is 1. The molecular formula is C19H22FN3O4S. The van der Waals surface area contributed by atoms with Crippen LogP contribution in [0.1, 0.15) is 27.5 Å². The Kier molecular flexibility index (Phi) is 6.40. The van der Waals surface area contributed by atoms with Gasteiger partial charge in [-0.05, 0) is 17.7 Å². The van der Waals surface area contributed by atoms with E-state index in [4.69, 9.17) is 0 Å². The second-order valence-corrected chi connectivity index (χ2v) is 8.07. The van der Waals surface area contributed by atoms with Gasteiger partial charge in [0.05, 0.1) is 18.7 Å². The van der Waals surface area contributed by atoms with Crippen LogP contribution in [0.4, 0.5) is 4.39 Å². The van der Waals surface area contributed by atoms with Crippen molar-refractivity contribution in [2.75, 3.05) is 26.7 Å². The van der Waals surface area contributed by atoms with Crippen LogP contribution in [-0.4, -0.2) is 45.4 Å². The summed E-state index contributed by atoms with van der Waals surface area (Å²) in [4.78, 5) is 11.5. The lowest BCUT2D eigenvalue weighted by Gasteiger charge is -2.35. The van der Waals surface area contributed by atoms with E-state index in [9.17, 15) is 17.6 Å². The largest absolute Gasteiger partial charge is 0.465 e. The van der Waals surface area contributed by atoms with Crippen LogP contribution in [0, 0.1) is 5.82 Å². The molecule has 2 aromatic carbocycles. The third-order valence-corrected chi connectivity index (χ3v) is 6.17. The molecule has 0 spiro atoms. The number of nitrogens with zero attached hydrogens (tertiary/aromatic N) is 1. The van der Waals surface area contributed by atoms with Crippen molar-refractivity contribution in [3.05, 3.63) is 71.0 Å². The summed E-state index contributed by atoms with van der Waals surface area (Å²) < 4.78 is 48.4. The van der Waals surface area contributed by atoms with Crippen molar-refractivity contribution in [2.45, 2.75) is 12.6 Å². The molecule has 1 heterocycles. The summed E-state index contributed by atoms with van der Waals surface area (Å²) in [6.45, 7) is 1.11. The van der Waals surface area contributed by atoms with Crippen molar-refractivity contribution in [1.82, 2.24) is 14.3 Å². The number of ether oxygens (including phenoxy) is 1. The van der Waals surface area contributed by atoms with Crippen LogP contribution in [0.15, 0.2) is 48.5 Å². The molecule has 2 N–H and O–H groups in total. The molecule has 0 radical (unpaired) electrons. The Balaban J connectivity index is 1.75. The van der Waals surface area contributed by atoms with E-state index in [1.807, 2.05) is 30.3 Å². The molecule has 1 fully saturated rings. The summed E-state index contributed by atoms with van der Waals surface area (Å²) in [6.07, 6.45) is 0. The first-order valence-corrected chi connectivity index (χ1v) is 10.2. The van der Waals surface area contributed by atoms with Crippen LogP contribution in [0.5, 0.6) is 0 Å². The zero-order valence-electron chi connectivity index (χ0n) is 15.4. The molecule has 0 aliphatic carbocycles. The molecular weight excluding hydrogens is 385 g/mol. The SMILES string of the molecule is COC(=O)c1ccc(CNS(=O)(=O)N2CCNCC2c2ccccc2)c(F)c1. The Morgan fingerprint density at radius 1 is 1.29 bits per heavy atom. The second-order valence-electron chi connectivity index (χ2n) is 6.37. The Morgan fingerprint density at radius 3 is 2.71 bits per heavy atom. The first-order valence-electron chi connectivity index (χ1n) is 8.81. The number of methoxy groups -OCH3 is 1. The number of hydrogen-bond acceptors (Lipinski definition) is 5. The van der Waals surface area contributed by atoms with Crippen molar-refractivity contribution in [2.24, 2.45) is 0 Å². The summed E-state index contributed by atoms with van der Waals surface area (Å²) in [7, 11) is -2.63. The van der Waals surface area contributed by atoms with Crippen molar-refractivity contribution in [1.29, 1.82) is 0 Å². The topological polar surface area (TPSA) is 87.7 Å². The van der Waals surface area contributed by atoms with Crippen LogP contribution < -0.4 is 10.0 Å². The fourth-order valence-corrected chi connectivity index (χ4v) is 4.49. The summed E-state index contributed by atoms with van der Waals surface area (Å²) in [5, 5.41) is 3.20. The normalized spacial score (nSPS) is 18.0. The van der Waals surface area contributed by atoms with Crippen molar-refractivity contribution in [3.63, 3.8) is 0 Å². The lowest BCUT2D eigenvalue weighted by atomic mass is 10.1. The average Bonchev–Trinajstić information content (AvgIpc) is 2.73. The number of carbonyl (C=O) groups excluding carboxylic acids is 1.